The maximum Gasteiger partial charge on any atom is 0.239 e. The van der Waals surface area contributed by atoms with E-state index < -0.39 is 5.92 Å². The van der Waals surface area contributed by atoms with Gasteiger partial charge >= 0.3 is 0 Å². The van der Waals surface area contributed by atoms with Crippen LogP contribution < -0.4 is 10.2 Å². The van der Waals surface area contributed by atoms with E-state index >= 15 is 0 Å². The number of nitrogens with one attached hydrogen (secondary N) is 1. The van der Waals surface area contributed by atoms with Gasteiger partial charge in [-0.15, -0.1) is 11.3 Å². The van der Waals surface area contributed by atoms with Crippen LogP contribution in [0.4, 0.5) is 5.69 Å². The summed E-state index contributed by atoms with van der Waals surface area (Å²) < 4.78 is 0.917. The van der Waals surface area contributed by atoms with E-state index in [1.54, 1.807) is 16.2 Å². The van der Waals surface area contributed by atoms with Gasteiger partial charge in [-0.05, 0) is 50.2 Å². The van der Waals surface area contributed by atoms with E-state index in [0.29, 0.717) is 19.5 Å². The molecule has 1 saturated heterocycles. The fourth-order valence-corrected chi connectivity index (χ4v) is 4.47. The van der Waals surface area contributed by atoms with Gasteiger partial charge in [0.15, 0.2) is 0 Å². The SMILES string of the molecule is CN(C)C(CNC(=O)C1CCN(c2cccc(Br)c2)C1=O)c1cccs1. The predicted octanol–water partition coefficient (Wildman–Crippen LogP) is 3.28. The topological polar surface area (TPSA) is 52.7 Å². The van der Waals surface area contributed by atoms with Gasteiger partial charge in [-0.25, -0.2) is 0 Å². The molecule has 2 amide bonds. The van der Waals surface area contributed by atoms with Crippen LogP contribution in [0.3, 0.4) is 0 Å². The molecule has 7 heteroatoms. The van der Waals surface area contributed by atoms with Crippen molar-refractivity contribution in [2.24, 2.45) is 5.92 Å². The third-order valence-electron chi connectivity index (χ3n) is 4.61. The number of carbonyl (C=O) groups excluding carboxylic acids is 2. The first kappa shape index (κ1) is 19.1. The maximum atomic E-state index is 12.7. The van der Waals surface area contributed by atoms with Crippen LogP contribution in [0.25, 0.3) is 0 Å². The molecule has 26 heavy (non-hydrogen) atoms. The second-order valence-electron chi connectivity index (χ2n) is 6.55. The summed E-state index contributed by atoms with van der Waals surface area (Å²) >= 11 is 5.10. The molecular formula is C19H22BrN3O2S. The smallest absolute Gasteiger partial charge is 0.239 e. The van der Waals surface area contributed by atoms with E-state index in [4.69, 9.17) is 0 Å². The van der Waals surface area contributed by atoms with Crippen LogP contribution in [0.1, 0.15) is 17.3 Å². The highest BCUT2D eigenvalue weighted by Crippen LogP contribution is 2.28. The number of rotatable bonds is 6. The normalized spacial score (nSPS) is 18.4. The Morgan fingerprint density at radius 1 is 1.38 bits per heavy atom. The zero-order chi connectivity index (χ0) is 18.7. The van der Waals surface area contributed by atoms with Crippen LogP contribution in [0.2, 0.25) is 0 Å². The van der Waals surface area contributed by atoms with Crippen molar-refractivity contribution in [3.63, 3.8) is 0 Å². The van der Waals surface area contributed by atoms with Gasteiger partial charge in [0.1, 0.15) is 5.92 Å². The Kier molecular flexibility index (Phi) is 6.11. The number of halogens is 1. The Hall–Kier alpha value is -1.70. The van der Waals surface area contributed by atoms with Gasteiger partial charge in [-0.3, -0.25) is 9.59 Å². The van der Waals surface area contributed by atoms with Crippen LogP contribution in [-0.4, -0.2) is 43.9 Å². The van der Waals surface area contributed by atoms with Crippen LogP contribution in [0, 0.1) is 5.92 Å². The third-order valence-corrected chi connectivity index (χ3v) is 6.07. The molecule has 0 saturated carbocycles. The van der Waals surface area contributed by atoms with Crippen molar-refractivity contribution in [1.82, 2.24) is 10.2 Å². The largest absolute Gasteiger partial charge is 0.353 e. The number of carbonyl (C=O) groups is 2. The minimum absolute atomic E-state index is 0.108. The van der Waals surface area contributed by atoms with E-state index in [-0.39, 0.29) is 17.9 Å². The average Bonchev–Trinajstić information content (AvgIpc) is 3.24. The number of hydrogen-bond acceptors (Lipinski definition) is 4. The number of nitrogens with zero attached hydrogens (tertiary/aromatic N) is 2. The molecule has 0 aliphatic carbocycles. The second kappa shape index (κ2) is 8.33. The maximum absolute atomic E-state index is 12.7. The lowest BCUT2D eigenvalue weighted by atomic mass is 10.1. The summed E-state index contributed by atoms with van der Waals surface area (Å²) in [5.41, 5.74) is 0.824. The highest BCUT2D eigenvalue weighted by molar-refractivity contribution is 9.10. The molecule has 0 spiro atoms. The molecule has 0 bridgehead atoms. The molecule has 2 atom stereocenters. The molecule has 138 valence electrons. The Morgan fingerprint density at radius 3 is 2.85 bits per heavy atom. The summed E-state index contributed by atoms with van der Waals surface area (Å²) in [4.78, 5) is 30.3. The fourth-order valence-electron chi connectivity index (χ4n) is 3.16. The van der Waals surface area contributed by atoms with Crippen LogP contribution in [0.15, 0.2) is 46.3 Å². The van der Waals surface area contributed by atoms with Crippen molar-refractivity contribution < 1.29 is 9.59 Å². The van der Waals surface area contributed by atoms with Crippen LogP contribution in [-0.2, 0) is 9.59 Å². The van der Waals surface area contributed by atoms with Gasteiger partial charge in [-0.1, -0.05) is 28.1 Å². The van der Waals surface area contributed by atoms with Gasteiger partial charge in [0.2, 0.25) is 11.8 Å². The van der Waals surface area contributed by atoms with E-state index in [1.165, 1.54) is 4.88 Å². The lowest BCUT2D eigenvalue weighted by molar-refractivity contribution is -0.132. The van der Waals surface area contributed by atoms with Gasteiger partial charge in [-0.2, -0.15) is 0 Å². The first-order valence-electron chi connectivity index (χ1n) is 8.52. The Bertz CT molecular complexity index is 779. The number of benzene rings is 1. The summed E-state index contributed by atoms with van der Waals surface area (Å²) in [7, 11) is 3.98. The molecular weight excluding hydrogens is 414 g/mol. The van der Waals surface area contributed by atoms with E-state index in [2.05, 4.69) is 32.2 Å². The number of amides is 2. The van der Waals surface area contributed by atoms with Crippen LogP contribution >= 0.6 is 27.3 Å². The molecule has 5 nitrogen and oxygen atoms in total. The van der Waals surface area contributed by atoms with Crippen molar-refractivity contribution >= 4 is 44.8 Å². The summed E-state index contributed by atoms with van der Waals surface area (Å²) in [6.07, 6.45) is 0.544. The van der Waals surface area contributed by atoms with Gasteiger partial charge in [0.25, 0.3) is 0 Å². The van der Waals surface area contributed by atoms with Gasteiger partial charge in [0.05, 0.1) is 6.04 Å². The van der Waals surface area contributed by atoms with Gasteiger partial charge < -0.3 is 15.1 Å². The van der Waals surface area contributed by atoms with Crippen molar-refractivity contribution in [2.45, 2.75) is 12.5 Å². The van der Waals surface area contributed by atoms with Crippen LogP contribution in [0.5, 0.6) is 0 Å². The second-order valence-corrected chi connectivity index (χ2v) is 8.45. The molecule has 1 aromatic heterocycles. The predicted molar refractivity (Wildman–Crippen MR) is 108 cm³/mol. The lowest BCUT2D eigenvalue weighted by Crippen LogP contribution is -2.40. The molecule has 1 aliphatic heterocycles. The quantitative estimate of drug-likeness (QED) is 0.708. The standard InChI is InChI=1S/C19H22BrN3O2S/c1-22(2)16(17-7-4-10-26-17)12-21-18(24)15-8-9-23(19(15)25)14-6-3-5-13(20)11-14/h3-7,10-11,15-16H,8-9,12H2,1-2H3,(H,21,24). The van der Waals surface area contributed by atoms with Gasteiger partial charge in [0, 0.05) is 28.1 Å². The molecule has 2 aromatic rings. The Labute approximate surface area is 166 Å². The third kappa shape index (κ3) is 4.16. The summed E-state index contributed by atoms with van der Waals surface area (Å²) in [5.74, 6) is -0.922. The Balaban J connectivity index is 1.62. The summed E-state index contributed by atoms with van der Waals surface area (Å²) in [6.45, 7) is 1.06. The first-order valence-corrected chi connectivity index (χ1v) is 10.2. The van der Waals surface area contributed by atoms with Crippen molar-refractivity contribution in [3.05, 3.63) is 51.1 Å². The van der Waals surface area contributed by atoms with E-state index in [9.17, 15) is 9.59 Å². The zero-order valence-electron chi connectivity index (χ0n) is 14.8. The van der Waals surface area contributed by atoms with Crippen molar-refractivity contribution in [3.8, 4) is 0 Å². The molecule has 1 fully saturated rings. The van der Waals surface area contributed by atoms with Crippen molar-refractivity contribution in [2.75, 3.05) is 32.1 Å². The highest BCUT2D eigenvalue weighted by Gasteiger charge is 2.37. The first-order chi connectivity index (χ1) is 12.5. The summed E-state index contributed by atoms with van der Waals surface area (Å²) in [5, 5.41) is 5.01. The monoisotopic (exact) mass is 435 g/mol. The number of likely N-dealkylation sites (N-methyl/N-ethyl adjacent to an activating group) is 1. The fraction of sp³-hybridized carbons (Fsp3) is 0.368. The Morgan fingerprint density at radius 2 is 2.19 bits per heavy atom. The lowest BCUT2D eigenvalue weighted by Gasteiger charge is -2.24. The van der Waals surface area contributed by atoms with E-state index in [0.717, 1.165) is 10.2 Å². The highest BCUT2D eigenvalue weighted by atomic mass is 79.9. The number of anilines is 1. The molecule has 0 radical (unpaired) electrons. The van der Waals surface area contributed by atoms with Crippen molar-refractivity contribution in [1.29, 1.82) is 0 Å². The number of thiophene rings is 1. The van der Waals surface area contributed by atoms with E-state index in [1.807, 2.05) is 49.8 Å². The molecule has 3 rings (SSSR count). The molecule has 1 aromatic carbocycles. The minimum Gasteiger partial charge on any atom is -0.353 e. The average molecular weight is 436 g/mol. The zero-order valence-corrected chi connectivity index (χ0v) is 17.2. The molecule has 1 aliphatic rings. The minimum atomic E-state index is -0.611. The molecule has 2 unspecified atom stereocenters. The molecule has 1 N–H and O–H groups in total. The number of hydrogen-bond donors (Lipinski definition) is 1. The molecule has 2 heterocycles. The summed E-state index contributed by atoms with van der Waals surface area (Å²) in [6, 6.07) is 11.8.